The van der Waals surface area contributed by atoms with Crippen molar-refractivity contribution in [2.45, 2.75) is 43.9 Å². The standard InChI is InChI=1S/C24H29N5O4S/c1-17(30)25-18-6-8-19(9-7-18)26-24(31)13-12-23-27-21-16-20(10-11-22(21)28(23)2)34(32,33)29-14-4-3-5-15-29/h6-11,16H,3-5,12-15H2,1-2H3,(H,25,30)(H,26,31). The molecule has 0 saturated carbocycles. The van der Waals surface area contributed by atoms with Crippen molar-refractivity contribution in [1.29, 1.82) is 0 Å². The van der Waals surface area contributed by atoms with Gasteiger partial charge in [0, 0.05) is 51.3 Å². The third-order valence-corrected chi connectivity index (χ3v) is 7.86. The molecule has 34 heavy (non-hydrogen) atoms. The number of aromatic nitrogens is 2. The van der Waals surface area contributed by atoms with Crippen molar-refractivity contribution in [2.24, 2.45) is 7.05 Å². The van der Waals surface area contributed by atoms with Crippen molar-refractivity contribution in [1.82, 2.24) is 13.9 Å². The third-order valence-electron chi connectivity index (χ3n) is 5.96. The van der Waals surface area contributed by atoms with E-state index in [1.807, 2.05) is 11.6 Å². The summed E-state index contributed by atoms with van der Waals surface area (Å²) < 4.78 is 29.4. The number of sulfonamides is 1. The predicted molar refractivity (Wildman–Crippen MR) is 131 cm³/mol. The van der Waals surface area contributed by atoms with E-state index in [9.17, 15) is 18.0 Å². The van der Waals surface area contributed by atoms with E-state index in [4.69, 9.17) is 0 Å². The second-order valence-corrected chi connectivity index (χ2v) is 10.4. The van der Waals surface area contributed by atoms with E-state index in [1.54, 1.807) is 46.8 Å². The zero-order valence-corrected chi connectivity index (χ0v) is 20.2. The average molecular weight is 484 g/mol. The fourth-order valence-corrected chi connectivity index (χ4v) is 5.69. The van der Waals surface area contributed by atoms with Crippen molar-refractivity contribution in [3.05, 3.63) is 48.3 Å². The summed E-state index contributed by atoms with van der Waals surface area (Å²) in [5.41, 5.74) is 2.72. The quantitative estimate of drug-likeness (QED) is 0.535. The van der Waals surface area contributed by atoms with E-state index in [-0.39, 0.29) is 23.1 Å². The van der Waals surface area contributed by atoms with E-state index < -0.39 is 10.0 Å². The van der Waals surface area contributed by atoms with Gasteiger partial charge in [-0.25, -0.2) is 13.4 Å². The average Bonchev–Trinajstić information content (AvgIpc) is 3.14. The van der Waals surface area contributed by atoms with Gasteiger partial charge in [-0.2, -0.15) is 4.31 Å². The van der Waals surface area contributed by atoms with Gasteiger partial charge in [-0.3, -0.25) is 9.59 Å². The monoisotopic (exact) mass is 483 g/mol. The number of benzene rings is 2. The second kappa shape index (κ2) is 9.94. The highest BCUT2D eigenvalue weighted by atomic mass is 32.2. The van der Waals surface area contributed by atoms with Gasteiger partial charge in [0.2, 0.25) is 21.8 Å². The number of carbonyl (C=O) groups is 2. The van der Waals surface area contributed by atoms with Crippen LogP contribution in [0.25, 0.3) is 11.0 Å². The van der Waals surface area contributed by atoms with E-state index in [0.29, 0.717) is 42.2 Å². The van der Waals surface area contributed by atoms with E-state index in [0.717, 1.165) is 24.8 Å². The van der Waals surface area contributed by atoms with Crippen LogP contribution in [0.5, 0.6) is 0 Å². The number of nitrogens with zero attached hydrogens (tertiary/aromatic N) is 3. The molecule has 2 amide bonds. The molecule has 1 fully saturated rings. The Labute approximate surface area is 199 Å². The van der Waals surface area contributed by atoms with Crippen LogP contribution in [0.2, 0.25) is 0 Å². The number of piperidine rings is 1. The number of hydrogen-bond acceptors (Lipinski definition) is 5. The zero-order valence-electron chi connectivity index (χ0n) is 19.4. The third kappa shape index (κ3) is 5.28. The van der Waals surface area contributed by atoms with Crippen LogP contribution >= 0.6 is 0 Å². The van der Waals surface area contributed by atoms with Crippen LogP contribution in [0, 0.1) is 0 Å². The molecule has 2 N–H and O–H groups in total. The Balaban J connectivity index is 1.42. The Morgan fingerprint density at radius 2 is 1.62 bits per heavy atom. The van der Waals surface area contributed by atoms with Gasteiger partial charge < -0.3 is 15.2 Å². The smallest absolute Gasteiger partial charge is 0.243 e. The van der Waals surface area contributed by atoms with Crippen LogP contribution in [-0.4, -0.2) is 47.2 Å². The Bertz CT molecular complexity index is 1310. The molecule has 2 heterocycles. The Hall–Kier alpha value is -3.24. The molecule has 1 aliphatic heterocycles. The maximum Gasteiger partial charge on any atom is 0.243 e. The van der Waals surface area contributed by atoms with Crippen molar-refractivity contribution >= 4 is 44.2 Å². The topological polar surface area (TPSA) is 113 Å². The first-order valence-corrected chi connectivity index (χ1v) is 12.8. The first-order chi connectivity index (χ1) is 16.2. The first kappa shape index (κ1) is 23.9. The number of rotatable bonds is 7. The molecule has 2 aromatic carbocycles. The maximum absolute atomic E-state index is 13.0. The van der Waals surface area contributed by atoms with Crippen molar-refractivity contribution in [3.8, 4) is 0 Å². The lowest BCUT2D eigenvalue weighted by molar-refractivity contribution is -0.116. The molecular weight excluding hydrogens is 454 g/mol. The van der Waals surface area contributed by atoms with Crippen LogP contribution in [0.3, 0.4) is 0 Å². The molecule has 0 atom stereocenters. The molecule has 0 unspecified atom stereocenters. The van der Waals surface area contributed by atoms with Crippen molar-refractivity contribution in [2.75, 3.05) is 23.7 Å². The summed E-state index contributed by atoms with van der Waals surface area (Å²) in [6.45, 7) is 2.54. The summed E-state index contributed by atoms with van der Waals surface area (Å²) >= 11 is 0. The van der Waals surface area contributed by atoms with Gasteiger partial charge in [0.05, 0.1) is 15.9 Å². The minimum Gasteiger partial charge on any atom is -0.331 e. The van der Waals surface area contributed by atoms with Gasteiger partial charge in [0.1, 0.15) is 5.82 Å². The summed E-state index contributed by atoms with van der Waals surface area (Å²) in [4.78, 5) is 28.4. The molecule has 4 rings (SSSR count). The van der Waals surface area contributed by atoms with E-state index in [2.05, 4.69) is 15.6 Å². The second-order valence-electron chi connectivity index (χ2n) is 8.51. The maximum atomic E-state index is 13.0. The van der Waals surface area contributed by atoms with Crippen LogP contribution in [0.1, 0.15) is 38.4 Å². The molecule has 180 valence electrons. The number of amides is 2. The van der Waals surface area contributed by atoms with Crippen LogP contribution in [-0.2, 0) is 33.1 Å². The molecule has 0 radical (unpaired) electrons. The van der Waals surface area contributed by atoms with Crippen LogP contribution < -0.4 is 10.6 Å². The SMILES string of the molecule is CC(=O)Nc1ccc(NC(=O)CCc2nc3cc(S(=O)(=O)N4CCCCC4)ccc3n2C)cc1. The Morgan fingerprint density at radius 1 is 0.971 bits per heavy atom. The number of aryl methyl sites for hydroxylation is 2. The van der Waals surface area contributed by atoms with Gasteiger partial charge in [0.25, 0.3) is 0 Å². The highest BCUT2D eigenvalue weighted by molar-refractivity contribution is 7.89. The largest absolute Gasteiger partial charge is 0.331 e. The zero-order chi connectivity index (χ0) is 24.3. The normalized spacial score (nSPS) is 14.8. The van der Waals surface area contributed by atoms with Gasteiger partial charge in [-0.15, -0.1) is 0 Å². The van der Waals surface area contributed by atoms with Gasteiger partial charge >= 0.3 is 0 Å². The predicted octanol–water partition coefficient (Wildman–Crippen LogP) is 3.28. The molecule has 1 aromatic heterocycles. The molecule has 0 bridgehead atoms. The van der Waals surface area contributed by atoms with E-state index in [1.165, 1.54) is 6.92 Å². The van der Waals surface area contributed by atoms with Gasteiger partial charge in [0.15, 0.2) is 0 Å². The Kier molecular flexibility index (Phi) is 6.99. The van der Waals surface area contributed by atoms with Crippen LogP contribution in [0.4, 0.5) is 11.4 Å². The lowest BCUT2D eigenvalue weighted by atomic mass is 10.2. The first-order valence-electron chi connectivity index (χ1n) is 11.4. The molecule has 1 saturated heterocycles. The van der Waals surface area contributed by atoms with E-state index >= 15 is 0 Å². The highest BCUT2D eigenvalue weighted by Gasteiger charge is 2.26. The van der Waals surface area contributed by atoms with Gasteiger partial charge in [-0.05, 0) is 55.3 Å². The number of carbonyl (C=O) groups excluding carboxylic acids is 2. The fraction of sp³-hybridized carbons (Fsp3) is 0.375. The summed E-state index contributed by atoms with van der Waals surface area (Å²) in [7, 11) is -1.67. The number of anilines is 2. The Morgan fingerprint density at radius 3 is 2.26 bits per heavy atom. The molecule has 0 spiro atoms. The highest BCUT2D eigenvalue weighted by Crippen LogP contribution is 2.25. The summed E-state index contributed by atoms with van der Waals surface area (Å²) in [6.07, 6.45) is 3.47. The molecule has 0 aliphatic carbocycles. The summed E-state index contributed by atoms with van der Waals surface area (Å²) in [6, 6.07) is 11.9. The lowest BCUT2D eigenvalue weighted by Gasteiger charge is -2.25. The van der Waals surface area contributed by atoms with Crippen molar-refractivity contribution in [3.63, 3.8) is 0 Å². The lowest BCUT2D eigenvalue weighted by Crippen LogP contribution is -2.35. The summed E-state index contributed by atoms with van der Waals surface area (Å²) in [5, 5.41) is 5.52. The number of hydrogen-bond donors (Lipinski definition) is 2. The fourth-order valence-electron chi connectivity index (χ4n) is 4.16. The minimum absolute atomic E-state index is 0.157. The summed E-state index contributed by atoms with van der Waals surface area (Å²) in [5.74, 6) is 0.391. The van der Waals surface area contributed by atoms with Crippen LogP contribution in [0.15, 0.2) is 47.4 Å². The number of imidazole rings is 1. The molecule has 9 nitrogen and oxygen atoms in total. The number of nitrogens with one attached hydrogen (secondary N) is 2. The molecule has 1 aliphatic rings. The number of fused-ring (bicyclic) bond motifs is 1. The minimum atomic E-state index is -3.53. The van der Waals surface area contributed by atoms with Gasteiger partial charge in [-0.1, -0.05) is 6.42 Å². The molecular formula is C24H29N5O4S. The molecule has 10 heteroatoms. The molecule has 3 aromatic rings. The van der Waals surface area contributed by atoms with Crippen molar-refractivity contribution < 1.29 is 18.0 Å².